The highest BCUT2D eigenvalue weighted by Crippen LogP contribution is 2.59. The molecule has 25 heavy (non-hydrogen) atoms. The van der Waals surface area contributed by atoms with Crippen LogP contribution in [0.4, 0.5) is 0 Å². The van der Waals surface area contributed by atoms with Crippen molar-refractivity contribution in [3.05, 3.63) is 23.8 Å². The first kappa shape index (κ1) is 20.1. The summed E-state index contributed by atoms with van der Waals surface area (Å²) >= 11 is 0. The molecule has 1 fully saturated rings. The van der Waals surface area contributed by atoms with Crippen LogP contribution in [0.2, 0.25) is 0 Å². The third kappa shape index (κ3) is 3.68. The second-order valence-corrected chi connectivity index (χ2v) is 9.56. The summed E-state index contributed by atoms with van der Waals surface area (Å²) in [6, 6.07) is 0. The Labute approximate surface area is 154 Å². The maximum Gasteiger partial charge on any atom is 0.156 e. The molecule has 2 heteroatoms. The number of hydrogen-bond acceptors (Lipinski definition) is 2. The Morgan fingerprint density at radius 2 is 1.80 bits per heavy atom. The predicted octanol–water partition coefficient (Wildman–Crippen LogP) is 5.77. The highest BCUT2D eigenvalue weighted by molar-refractivity contribution is 5.92. The maximum absolute atomic E-state index is 12.1. The molecule has 0 aromatic carbocycles. The predicted molar refractivity (Wildman–Crippen MR) is 104 cm³/mol. The van der Waals surface area contributed by atoms with Gasteiger partial charge in [0, 0.05) is 11.8 Å². The van der Waals surface area contributed by atoms with Crippen LogP contribution >= 0.6 is 0 Å². The molecular formula is C23H36O2. The molecule has 0 aromatic heterocycles. The number of ketones is 2. The zero-order valence-electron chi connectivity index (χ0n) is 17.2. The number of hydrogen-bond donors (Lipinski definition) is 0. The summed E-state index contributed by atoms with van der Waals surface area (Å²) in [5.74, 6) is 2.84. The van der Waals surface area contributed by atoms with Gasteiger partial charge in [-0.3, -0.25) is 9.59 Å². The smallest absolute Gasteiger partial charge is 0.156 e. The van der Waals surface area contributed by atoms with E-state index in [-0.39, 0.29) is 16.6 Å². The Morgan fingerprint density at radius 3 is 2.36 bits per heavy atom. The third-order valence-corrected chi connectivity index (χ3v) is 7.01. The van der Waals surface area contributed by atoms with E-state index in [0.717, 1.165) is 25.2 Å². The molecule has 0 bridgehead atoms. The fourth-order valence-corrected chi connectivity index (χ4v) is 4.98. The molecule has 0 spiro atoms. The second-order valence-electron chi connectivity index (χ2n) is 9.56. The summed E-state index contributed by atoms with van der Waals surface area (Å²) in [7, 11) is 0. The summed E-state index contributed by atoms with van der Waals surface area (Å²) < 4.78 is 0. The van der Waals surface area contributed by atoms with E-state index in [9.17, 15) is 9.59 Å². The zero-order valence-corrected chi connectivity index (χ0v) is 17.2. The van der Waals surface area contributed by atoms with Gasteiger partial charge in [-0.05, 0) is 66.9 Å². The Bertz CT molecular complexity index is 594. The van der Waals surface area contributed by atoms with E-state index in [1.54, 1.807) is 6.92 Å². The van der Waals surface area contributed by atoms with Gasteiger partial charge in [0.1, 0.15) is 5.78 Å². The van der Waals surface area contributed by atoms with E-state index in [2.05, 4.69) is 53.7 Å². The van der Waals surface area contributed by atoms with Crippen LogP contribution in [0, 0.1) is 34.5 Å². The molecule has 3 rings (SSSR count). The summed E-state index contributed by atoms with van der Waals surface area (Å²) in [6.45, 7) is 15.0. The Morgan fingerprint density at radius 1 is 1.20 bits per heavy atom. The molecule has 3 aliphatic carbocycles. The SMILES string of the molecule is CC(=O)[C@@]1(C)CCC2C(C=CC3=CC(=O)CC[C@@]32C)C1C.CC(C)C. The van der Waals surface area contributed by atoms with Crippen molar-refractivity contribution in [2.45, 2.75) is 74.1 Å². The van der Waals surface area contributed by atoms with Crippen LogP contribution in [0.5, 0.6) is 0 Å². The highest BCUT2D eigenvalue weighted by atomic mass is 16.1. The standard InChI is InChI=1S/C19H26O2.C4H10/c1-12-16-6-5-14-11-15(21)7-9-19(14,4)17(16)8-10-18(12,3)13(2)20;1-4(2)3/h5-6,11-12,16-17H,7-10H2,1-4H3;4H,1-3H3/t12?,16?,17?,18-,19-;/m0./s1. The first-order chi connectivity index (χ1) is 11.5. The first-order valence-corrected chi connectivity index (χ1v) is 9.96. The quantitative estimate of drug-likeness (QED) is 0.605. The minimum atomic E-state index is -0.187. The van der Waals surface area contributed by atoms with Gasteiger partial charge in [0.25, 0.3) is 0 Å². The zero-order chi connectivity index (χ0) is 19.0. The van der Waals surface area contributed by atoms with Crippen LogP contribution < -0.4 is 0 Å². The molecular weight excluding hydrogens is 308 g/mol. The Kier molecular flexibility index (Phi) is 5.81. The van der Waals surface area contributed by atoms with Crippen molar-refractivity contribution in [2.75, 3.05) is 0 Å². The molecule has 2 nitrogen and oxygen atoms in total. The number of carbonyl (C=O) groups is 2. The van der Waals surface area contributed by atoms with Crippen molar-refractivity contribution in [3.63, 3.8) is 0 Å². The summed E-state index contributed by atoms with van der Waals surface area (Å²) in [6.07, 6.45) is 10.0. The first-order valence-electron chi connectivity index (χ1n) is 9.96. The molecule has 0 aliphatic heterocycles. The summed E-state index contributed by atoms with van der Waals surface area (Å²) in [5.41, 5.74) is 1.16. The summed E-state index contributed by atoms with van der Waals surface area (Å²) in [5, 5.41) is 0. The molecule has 0 radical (unpaired) electrons. The van der Waals surface area contributed by atoms with Crippen LogP contribution in [0.25, 0.3) is 0 Å². The van der Waals surface area contributed by atoms with Crippen molar-refractivity contribution in [1.82, 2.24) is 0 Å². The van der Waals surface area contributed by atoms with Gasteiger partial charge in [-0.2, -0.15) is 0 Å². The lowest BCUT2D eigenvalue weighted by Crippen LogP contribution is -2.50. The average molecular weight is 345 g/mol. The van der Waals surface area contributed by atoms with Gasteiger partial charge in [-0.1, -0.05) is 53.7 Å². The molecule has 3 aliphatic rings. The van der Waals surface area contributed by atoms with Crippen molar-refractivity contribution in [3.8, 4) is 0 Å². The van der Waals surface area contributed by atoms with E-state index < -0.39 is 0 Å². The lowest BCUT2D eigenvalue weighted by Gasteiger charge is -2.55. The van der Waals surface area contributed by atoms with Crippen LogP contribution in [0.1, 0.15) is 74.1 Å². The van der Waals surface area contributed by atoms with E-state index in [4.69, 9.17) is 0 Å². The van der Waals surface area contributed by atoms with Crippen molar-refractivity contribution >= 4 is 11.6 Å². The highest BCUT2D eigenvalue weighted by Gasteiger charge is 2.53. The number of Topliss-reactive ketones (excluding diaryl/α,β-unsaturated/α-hetero) is 1. The number of carbonyl (C=O) groups excluding carboxylic acids is 2. The van der Waals surface area contributed by atoms with E-state index >= 15 is 0 Å². The van der Waals surface area contributed by atoms with Crippen LogP contribution in [0.15, 0.2) is 23.8 Å². The number of rotatable bonds is 1. The fraction of sp³-hybridized carbons (Fsp3) is 0.739. The summed E-state index contributed by atoms with van der Waals surface area (Å²) in [4.78, 5) is 23.9. The van der Waals surface area contributed by atoms with Gasteiger partial charge in [-0.25, -0.2) is 0 Å². The van der Waals surface area contributed by atoms with Gasteiger partial charge < -0.3 is 0 Å². The van der Waals surface area contributed by atoms with Crippen LogP contribution in [-0.2, 0) is 9.59 Å². The topological polar surface area (TPSA) is 34.1 Å². The Balaban J connectivity index is 0.000000511. The minimum absolute atomic E-state index is 0.125. The molecule has 0 N–H and O–H groups in total. The molecule has 1 saturated carbocycles. The normalized spacial score (nSPS) is 39.8. The van der Waals surface area contributed by atoms with Gasteiger partial charge in [0.2, 0.25) is 0 Å². The van der Waals surface area contributed by atoms with Gasteiger partial charge in [-0.15, -0.1) is 0 Å². The lowest BCUT2D eigenvalue weighted by atomic mass is 9.48. The van der Waals surface area contributed by atoms with Crippen LogP contribution in [0.3, 0.4) is 0 Å². The Hall–Kier alpha value is -1.18. The molecule has 3 unspecified atom stereocenters. The van der Waals surface area contributed by atoms with Crippen LogP contribution in [-0.4, -0.2) is 11.6 Å². The molecule has 0 saturated heterocycles. The number of fused-ring (bicyclic) bond motifs is 3. The maximum atomic E-state index is 12.1. The largest absolute Gasteiger partial charge is 0.299 e. The van der Waals surface area contributed by atoms with Gasteiger partial charge in [0.05, 0.1) is 0 Å². The van der Waals surface area contributed by atoms with E-state index in [0.29, 0.717) is 30.0 Å². The molecule has 0 aromatic rings. The van der Waals surface area contributed by atoms with Crippen molar-refractivity contribution in [2.24, 2.45) is 34.5 Å². The average Bonchev–Trinajstić information content (AvgIpc) is 2.51. The third-order valence-electron chi connectivity index (χ3n) is 7.01. The molecule has 140 valence electrons. The monoisotopic (exact) mass is 344 g/mol. The van der Waals surface area contributed by atoms with Gasteiger partial charge >= 0.3 is 0 Å². The second kappa shape index (κ2) is 7.21. The molecule has 0 heterocycles. The lowest BCUT2D eigenvalue weighted by molar-refractivity contribution is -0.134. The fourth-order valence-electron chi connectivity index (χ4n) is 4.98. The van der Waals surface area contributed by atoms with E-state index in [1.165, 1.54) is 5.57 Å². The van der Waals surface area contributed by atoms with Crippen molar-refractivity contribution in [1.29, 1.82) is 0 Å². The number of allylic oxidation sites excluding steroid dienone is 4. The van der Waals surface area contributed by atoms with E-state index in [1.807, 2.05) is 6.08 Å². The van der Waals surface area contributed by atoms with Gasteiger partial charge in [0.15, 0.2) is 5.78 Å². The molecule has 0 amide bonds. The minimum Gasteiger partial charge on any atom is -0.299 e. The van der Waals surface area contributed by atoms with Crippen molar-refractivity contribution < 1.29 is 9.59 Å². The molecule has 5 atom stereocenters.